The van der Waals surface area contributed by atoms with Crippen LogP contribution >= 0.6 is 11.6 Å². The molecule has 1 aliphatic heterocycles. The molecule has 0 saturated carbocycles. The van der Waals surface area contributed by atoms with Crippen LogP contribution in [0.2, 0.25) is 0 Å². The summed E-state index contributed by atoms with van der Waals surface area (Å²) < 4.78 is 5.24. The fraction of sp³-hybridized carbons (Fsp3) is 0.292. The van der Waals surface area contributed by atoms with Crippen molar-refractivity contribution in [1.29, 1.82) is 0 Å². The number of rotatable bonds is 8. The Kier molecular flexibility index (Phi) is 7.13. The minimum Gasteiger partial charge on any atom is -0.459 e. The zero-order valence-corrected chi connectivity index (χ0v) is 18.5. The Balaban J connectivity index is 1.85. The largest absolute Gasteiger partial charge is 0.459 e. The first-order valence-corrected chi connectivity index (χ1v) is 10.7. The lowest BCUT2D eigenvalue weighted by Crippen LogP contribution is -2.33. The minimum atomic E-state index is -0.696. The van der Waals surface area contributed by atoms with Gasteiger partial charge < -0.3 is 10.1 Å². The molecule has 31 heavy (non-hydrogen) atoms. The van der Waals surface area contributed by atoms with Crippen LogP contribution in [-0.4, -0.2) is 23.9 Å². The van der Waals surface area contributed by atoms with Gasteiger partial charge in [0.2, 0.25) is 0 Å². The number of hydrogen-bond acceptors (Lipinski definition) is 5. The van der Waals surface area contributed by atoms with Crippen LogP contribution in [0.3, 0.4) is 0 Å². The third-order valence-corrected chi connectivity index (χ3v) is 5.13. The normalized spacial score (nSPS) is 13.9. The first-order chi connectivity index (χ1) is 14.8. The molecule has 2 aromatic carbocycles. The number of imide groups is 1. The van der Waals surface area contributed by atoms with Gasteiger partial charge in [-0.15, -0.1) is 0 Å². The fourth-order valence-corrected chi connectivity index (χ4v) is 3.44. The molecule has 0 spiro atoms. The lowest BCUT2D eigenvalue weighted by Gasteiger charge is -2.19. The number of benzene rings is 2. The van der Waals surface area contributed by atoms with Gasteiger partial charge in [0.05, 0.1) is 17.4 Å². The van der Waals surface area contributed by atoms with Gasteiger partial charge in [0.15, 0.2) is 0 Å². The molecule has 0 unspecified atom stereocenters. The molecule has 7 heteroatoms. The number of para-hydroxylation sites is 1. The molecule has 0 fully saturated rings. The summed E-state index contributed by atoms with van der Waals surface area (Å²) >= 11 is 6.22. The average Bonchev–Trinajstić information content (AvgIpc) is 2.96. The number of halogens is 1. The van der Waals surface area contributed by atoms with Crippen LogP contribution in [-0.2, 0) is 20.7 Å². The Bertz CT molecular complexity index is 1030. The summed E-state index contributed by atoms with van der Waals surface area (Å²) in [5.74, 6) is -1.94. The van der Waals surface area contributed by atoms with Crippen LogP contribution in [0.1, 0.15) is 49.5 Å². The maximum Gasteiger partial charge on any atom is 0.340 e. The number of esters is 1. The SMILES string of the molecule is CCCCc1ccc(NC2=C(Cl)C(=O)N(c3ccccc3C(=O)OC(C)C)C2=O)cc1. The molecular formula is C24H25ClN2O4. The van der Waals surface area contributed by atoms with Gasteiger partial charge in [-0.3, -0.25) is 9.59 Å². The molecule has 2 aromatic rings. The van der Waals surface area contributed by atoms with E-state index < -0.39 is 17.8 Å². The van der Waals surface area contributed by atoms with Crippen LogP contribution < -0.4 is 10.2 Å². The summed E-state index contributed by atoms with van der Waals surface area (Å²) in [5.41, 5.74) is 2.06. The number of ether oxygens (including phenoxy) is 1. The molecule has 0 bridgehead atoms. The van der Waals surface area contributed by atoms with E-state index in [0.29, 0.717) is 5.69 Å². The number of nitrogens with one attached hydrogen (secondary N) is 1. The fourth-order valence-electron chi connectivity index (χ4n) is 3.23. The Morgan fingerprint density at radius 2 is 1.74 bits per heavy atom. The summed E-state index contributed by atoms with van der Waals surface area (Å²) in [5, 5.41) is 2.72. The molecule has 1 aliphatic rings. The predicted octanol–water partition coefficient (Wildman–Crippen LogP) is 5.03. The van der Waals surface area contributed by atoms with Crippen molar-refractivity contribution in [3.63, 3.8) is 0 Å². The summed E-state index contributed by atoms with van der Waals surface area (Å²) in [6, 6.07) is 13.9. The number of carbonyl (C=O) groups is 3. The number of anilines is 2. The molecular weight excluding hydrogens is 416 g/mol. The molecule has 0 saturated heterocycles. The molecule has 1 heterocycles. The second-order valence-electron chi connectivity index (χ2n) is 7.53. The van der Waals surface area contributed by atoms with E-state index in [1.165, 1.54) is 17.7 Å². The van der Waals surface area contributed by atoms with E-state index in [-0.39, 0.29) is 28.1 Å². The van der Waals surface area contributed by atoms with Crippen molar-refractivity contribution in [3.05, 3.63) is 70.4 Å². The summed E-state index contributed by atoms with van der Waals surface area (Å²) in [4.78, 5) is 39.3. The molecule has 0 aliphatic carbocycles. The van der Waals surface area contributed by atoms with Crippen molar-refractivity contribution in [2.24, 2.45) is 0 Å². The van der Waals surface area contributed by atoms with Crippen LogP contribution in [0.4, 0.5) is 11.4 Å². The molecule has 162 valence electrons. The maximum absolute atomic E-state index is 13.1. The number of carbonyl (C=O) groups excluding carboxylic acids is 3. The van der Waals surface area contributed by atoms with Crippen molar-refractivity contribution in [2.75, 3.05) is 10.2 Å². The van der Waals surface area contributed by atoms with Gasteiger partial charge in [-0.05, 0) is 56.5 Å². The van der Waals surface area contributed by atoms with Crippen molar-refractivity contribution >= 4 is 40.8 Å². The molecule has 2 amide bonds. The highest BCUT2D eigenvalue weighted by Gasteiger charge is 2.40. The average molecular weight is 441 g/mol. The second kappa shape index (κ2) is 9.79. The van der Waals surface area contributed by atoms with Gasteiger partial charge in [-0.1, -0.05) is 49.2 Å². The lowest BCUT2D eigenvalue weighted by molar-refractivity contribution is -0.120. The van der Waals surface area contributed by atoms with E-state index in [0.717, 1.165) is 24.2 Å². The van der Waals surface area contributed by atoms with E-state index >= 15 is 0 Å². The van der Waals surface area contributed by atoms with E-state index in [1.54, 1.807) is 26.0 Å². The number of unbranched alkanes of at least 4 members (excludes halogenated alkanes) is 1. The van der Waals surface area contributed by atoms with Crippen molar-refractivity contribution < 1.29 is 19.1 Å². The van der Waals surface area contributed by atoms with Gasteiger partial charge in [-0.2, -0.15) is 0 Å². The number of hydrogen-bond donors (Lipinski definition) is 1. The van der Waals surface area contributed by atoms with E-state index in [2.05, 4.69) is 12.2 Å². The first-order valence-electron chi connectivity index (χ1n) is 10.3. The van der Waals surface area contributed by atoms with E-state index in [4.69, 9.17) is 16.3 Å². The second-order valence-corrected chi connectivity index (χ2v) is 7.91. The molecule has 3 rings (SSSR count). The van der Waals surface area contributed by atoms with Crippen molar-refractivity contribution in [1.82, 2.24) is 0 Å². The highest BCUT2D eigenvalue weighted by atomic mass is 35.5. The van der Waals surface area contributed by atoms with E-state index in [9.17, 15) is 14.4 Å². The highest BCUT2D eigenvalue weighted by Crippen LogP contribution is 2.32. The van der Waals surface area contributed by atoms with Crippen molar-refractivity contribution in [2.45, 2.75) is 46.1 Å². The van der Waals surface area contributed by atoms with E-state index in [1.807, 2.05) is 24.3 Å². The third kappa shape index (κ3) is 4.97. The Morgan fingerprint density at radius 1 is 1.06 bits per heavy atom. The molecule has 0 aromatic heterocycles. The van der Waals surface area contributed by atoms with Crippen LogP contribution in [0.15, 0.2) is 59.3 Å². The van der Waals surface area contributed by atoms with Gasteiger partial charge in [0.1, 0.15) is 10.7 Å². The number of aryl methyl sites for hydroxylation is 1. The summed E-state index contributed by atoms with van der Waals surface area (Å²) in [6.07, 6.45) is 2.85. The third-order valence-electron chi connectivity index (χ3n) is 4.78. The van der Waals surface area contributed by atoms with Crippen LogP contribution in [0, 0.1) is 0 Å². The molecule has 1 N–H and O–H groups in total. The van der Waals surface area contributed by atoms with Crippen LogP contribution in [0.5, 0.6) is 0 Å². The van der Waals surface area contributed by atoms with Gasteiger partial charge >= 0.3 is 5.97 Å². The molecule has 6 nitrogen and oxygen atoms in total. The Hall–Kier alpha value is -3.12. The quantitative estimate of drug-likeness (QED) is 0.460. The maximum atomic E-state index is 13.1. The number of nitrogens with zero attached hydrogens (tertiary/aromatic N) is 1. The smallest absolute Gasteiger partial charge is 0.340 e. The summed E-state index contributed by atoms with van der Waals surface area (Å²) in [7, 11) is 0. The topological polar surface area (TPSA) is 75.7 Å². The number of amides is 2. The molecule has 0 radical (unpaired) electrons. The standard InChI is InChI=1S/C24H25ClN2O4/c1-4-5-8-16-11-13-17(14-12-16)26-21-20(25)22(28)27(23(21)29)19-10-7-6-9-18(19)24(30)31-15(2)3/h6-7,9-15,26H,4-5,8H2,1-3H3. The highest BCUT2D eigenvalue weighted by molar-refractivity contribution is 6.53. The Labute approximate surface area is 186 Å². The van der Waals surface area contributed by atoms with Gasteiger partial charge in [0.25, 0.3) is 11.8 Å². The minimum absolute atomic E-state index is 0.0278. The summed E-state index contributed by atoms with van der Waals surface area (Å²) in [6.45, 7) is 5.58. The van der Waals surface area contributed by atoms with Crippen LogP contribution in [0.25, 0.3) is 0 Å². The Morgan fingerprint density at radius 3 is 2.39 bits per heavy atom. The first kappa shape index (κ1) is 22.6. The van der Waals surface area contributed by atoms with Gasteiger partial charge in [0, 0.05) is 5.69 Å². The molecule has 0 atom stereocenters. The predicted molar refractivity (Wildman–Crippen MR) is 121 cm³/mol. The zero-order chi connectivity index (χ0) is 22.5. The zero-order valence-electron chi connectivity index (χ0n) is 17.8. The van der Waals surface area contributed by atoms with Crippen molar-refractivity contribution in [3.8, 4) is 0 Å². The monoisotopic (exact) mass is 440 g/mol. The van der Waals surface area contributed by atoms with Gasteiger partial charge in [-0.25, -0.2) is 9.69 Å². The lowest BCUT2D eigenvalue weighted by atomic mass is 10.1.